The summed E-state index contributed by atoms with van der Waals surface area (Å²) in [6, 6.07) is 18.0. The summed E-state index contributed by atoms with van der Waals surface area (Å²) in [4.78, 5) is 23.0. The van der Waals surface area contributed by atoms with Gasteiger partial charge in [-0.25, -0.2) is 9.97 Å². The van der Waals surface area contributed by atoms with Gasteiger partial charge in [0.2, 0.25) is 5.91 Å². The lowest BCUT2D eigenvalue weighted by molar-refractivity contribution is -0.127. The van der Waals surface area contributed by atoms with Crippen molar-refractivity contribution in [1.29, 1.82) is 0 Å². The molecule has 0 bridgehead atoms. The largest absolute Gasteiger partial charge is 0.369 e. The predicted molar refractivity (Wildman–Crippen MR) is 128 cm³/mol. The molecule has 1 saturated heterocycles. The van der Waals surface area contributed by atoms with E-state index in [1.165, 1.54) is 0 Å². The molecule has 1 N–H and O–H groups in total. The molecular formula is C25H24ClN5O. The van der Waals surface area contributed by atoms with E-state index in [9.17, 15) is 4.79 Å². The number of aromatic nitrogens is 3. The van der Waals surface area contributed by atoms with Gasteiger partial charge in [-0.2, -0.15) is 0 Å². The lowest BCUT2D eigenvalue weighted by Crippen LogP contribution is -2.27. The number of rotatable bonds is 7. The van der Waals surface area contributed by atoms with Crippen molar-refractivity contribution in [3.05, 3.63) is 72.1 Å². The zero-order chi connectivity index (χ0) is 21.9. The standard InChI is InChI=1S/C25H24ClN5O/c26-19-9-11-20(12-10-19)31-16-21(18-6-2-1-3-7-18)23-24(28-17-29-25(23)31)27-13-5-15-30-14-4-8-22(30)32/h1-3,6-7,9-12,16-17H,4-5,8,13-15H2,(H,27,28,29). The van der Waals surface area contributed by atoms with Crippen LogP contribution in [0.5, 0.6) is 0 Å². The summed E-state index contributed by atoms with van der Waals surface area (Å²) in [5.41, 5.74) is 3.98. The monoisotopic (exact) mass is 445 g/mol. The predicted octanol–water partition coefficient (Wildman–Crippen LogP) is 5.17. The van der Waals surface area contributed by atoms with E-state index in [0.29, 0.717) is 11.4 Å². The molecule has 6 nitrogen and oxygen atoms in total. The fraction of sp³-hybridized carbons (Fsp3) is 0.240. The van der Waals surface area contributed by atoms with Crippen LogP contribution in [0.2, 0.25) is 5.02 Å². The third-order valence-corrected chi connectivity index (χ3v) is 6.09. The molecule has 0 spiro atoms. The van der Waals surface area contributed by atoms with Gasteiger partial charge in [0.05, 0.1) is 5.39 Å². The number of anilines is 1. The Kier molecular flexibility index (Phi) is 5.77. The van der Waals surface area contributed by atoms with Crippen LogP contribution in [0.4, 0.5) is 5.82 Å². The van der Waals surface area contributed by atoms with Crippen LogP contribution in [-0.2, 0) is 4.79 Å². The molecule has 1 aliphatic rings. The summed E-state index contributed by atoms with van der Waals surface area (Å²) in [5, 5.41) is 5.16. The number of likely N-dealkylation sites (tertiary alicyclic amines) is 1. The van der Waals surface area contributed by atoms with Crippen molar-refractivity contribution in [2.45, 2.75) is 19.3 Å². The van der Waals surface area contributed by atoms with E-state index in [1.54, 1.807) is 6.33 Å². The number of nitrogens with one attached hydrogen (secondary N) is 1. The van der Waals surface area contributed by atoms with Crippen LogP contribution in [-0.4, -0.2) is 45.0 Å². The first-order chi connectivity index (χ1) is 15.7. The van der Waals surface area contributed by atoms with E-state index in [4.69, 9.17) is 11.6 Å². The second-order valence-corrected chi connectivity index (χ2v) is 8.38. The molecule has 7 heteroatoms. The van der Waals surface area contributed by atoms with Gasteiger partial charge >= 0.3 is 0 Å². The average molecular weight is 446 g/mol. The highest BCUT2D eigenvalue weighted by Gasteiger charge is 2.20. The molecule has 3 heterocycles. The molecule has 0 atom stereocenters. The van der Waals surface area contributed by atoms with Gasteiger partial charge in [-0.1, -0.05) is 41.9 Å². The van der Waals surface area contributed by atoms with Crippen molar-refractivity contribution in [2.75, 3.05) is 25.0 Å². The van der Waals surface area contributed by atoms with E-state index in [-0.39, 0.29) is 5.91 Å². The van der Waals surface area contributed by atoms with Crippen LogP contribution in [0.25, 0.3) is 27.8 Å². The molecule has 2 aromatic carbocycles. The quantitative estimate of drug-likeness (QED) is 0.399. The number of carbonyl (C=O) groups excluding carboxylic acids is 1. The molecule has 1 aliphatic heterocycles. The van der Waals surface area contributed by atoms with Crippen LogP contribution >= 0.6 is 11.6 Å². The summed E-state index contributed by atoms with van der Waals surface area (Å²) in [6.07, 6.45) is 6.22. The molecule has 2 aromatic heterocycles. The fourth-order valence-electron chi connectivity index (χ4n) is 4.25. The Morgan fingerprint density at radius 1 is 1.03 bits per heavy atom. The number of fused-ring (bicyclic) bond motifs is 1. The maximum Gasteiger partial charge on any atom is 0.222 e. The van der Waals surface area contributed by atoms with Crippen molar-refractivity contribution in [3.8, 4) is 16.8 Å². The van der Waals surface area contributed by atoms with Crippen molar-refractivity contribution >= 4 is 34.4 Å². The molecular weight excluding hydrogens is 422 g/mol. The normalized spacial score (nSPS) is 13.8. The fourth-order valence-corrected chi connectivity index (χ4v) is 4.37. The Morgan fingerprint density at radius 3 is 2.59 bits per heavy atom. The van der Waals surface area contributed by atoms with E-state index in [0.717, 1.165) is 66.1 Å². The highest BCUT2D eigenvalue weighted by molar-refractivity contribution is 6.30. The number of hydrogen-bond acceptors (Lipinski definition) is 4. The lowest BCUT2D eigenvalue weighted by atomic mass is 10.1. The van der Waals surface area contributed by atoms with Gasteiger partial charge in [0, 0.05) is 48.5 Å². The molecule has 32 heavy (non-hydrogen) atoms. The second-order valence-electron chi connectivity index (χ2n) is 7.94. The van der Waals surface area contributed by atoms with Crippen LogP contribution in [0, 0.1) is 0 Å². The molecule has 0 radical (unpaired) electrons. The maximum atomic E-state index is 11.8. The minimum absolute atomic E-state index is 0.265. The molecule has 0 aliphatic carbocycles. The Balaban J connectivity index is 1.49. The van der Waals surface area contributed by atoms with Crippen molar-refractivity contribution in [2.24, 2.45) is 0 Å². The highest BCUT2D eigenvalue weighted by atomic mass is 35.5. The van der Waals surface area contributed by atoms with Crippen LogP contribution in [0.1, 0.15) is 19.3 Å². The molecule has 162 valence electrons. The van der Waals surface area contributed by atoms with Gasteiger partial charge in [-0.05, 0) is 42.7 Å². The first-order valence-corrected chi connectivity index (χ1v) is 11.3. The Labute approximate surface area is 191 Å². The first-order valence-electron chi connectivity index (χ1n) is 10.9. The minimum atomic E-state index is 0.265. The Morgan fingerprint density at radius 2 is 1.84 bits per heavy atom. The summed E-state index contributed by atoms with van der Waals surface area (Å²) in [7, 11) is 0. The van der Waals surface area contributed by atoms with Gasteiger partial charge < -0.3 is 14.8 Å². The summed E-state index contributed by atoms with van der Waals surface area (Å²) in [6.45, 7) is 2.38. The summed E-state index contributed by atoms with van der Waals surface area (Å²) in [5.74, 6) is 1.06. The van der Waals surface area contributed by atoms with Gasteiger partial charge in [-0.3, -0.25) is 4.79 Å². The van der Waals surface area contributed by atoms with E-state index in [2.05, 4.69) is 38.2 Å². The number of hydrogen-bond donors (Lipinski definition) is 1. The maximum absolute atomic E-state index is 11.8. The zero-order valence-corrected chi connectivity index (χ0v) is 18.4. The van der Waals surface area contributed by atoms with Gasteiger partial charge in [0.1, 0.15) is 12.1 Å². The topological polar surface area (TPSA) is 63.1 Å². The van der Waals surface area contributed by atoms with Crippen LogP contribution < -0.4 is 5.32 Å². The first kappa shape index (κ1) is 20.5. The Hall–Kier alpha value is -3.38. The lowest BCUT2D eigenvalue weighted by Gasteiger charge is -2.15. The molecule has 0 saturated carbocycles. The van der Waals surface area contributed by atoms with Crippen molar-refractivity contribution < 1.29 is 4.79 Å². The zero-order valence-electron chi connectivity index (χ0n) is 17.7. The number of amides is 1. The SMILES string of the molecule is O=C1CCCN1CCCNc1ncnc2c1c(-c1ccccc1)cn2-c1ccc(Cl)cc1. The number of benzene rings is 2. The minimum Gasteiger partial charge on any atom is -0.369 e. The molecule has 5 rings (SSSR count). The molecule has 4 aromatic rings. The number of halogens is 1. The van der Waals surface area contributed by atoms with Crippen molar-refractivity contribution in [3.63, 3.8) is 0 Å². The van der Waals surface area contributed by atoms with E-state index < -0.39 is 0 Å². The summed E-state index contributed by atoms with van der Waals surface area (Å²) >= 11 is 6.10. The number of nitrogens with zero attached hydrogens (tertiary/aromatic N) is 4. The van der Waals surface area contributed by atoms with E-state index >= 15 is 0 Å². The highest BCUT2D eigenvalue weighted by Crippen LogP contribution is 2.35. The van der Waals surface area contributed by atoms with Gasteiger partial charge in [0.25, 0.3) is 0 Å². The van der Waals surface area contributed by atoms with Crippen LogP contribution in [0.15, 0.2) is 67.1 Å². The molecule has 0 unspecified atom stereocenters. The summed E-state index contributed by atoms with van der Waals surface area (Å²) < 4.78 is 2.07. The average Bonchev–Trinajstić information content (AvgIpc) is 3.42. The van der Waals surface area contributed by atoms with Crippen molar-refractivity contribution in [1.82, 2.24) is 19.4 Å². The van der Waals surface area contributed by atoms with E-state index in [1.807, 2.05) is 47.4 Å². The van der Waals surface area contributed by atoms with Gasteiger partial charge in [-0.15, -0.1) is 0 Å². The third-order valence-electron chi connectivity index (χ3n) is 5.84. The molecule has 1 fully saturated rings. The van der Waals surface area contributed by atoms with Crippen LogP contribution in [0.3, 0.4) is 0 Å². The second kappa shape index (κ2) is 9.01. The smallest absolute Gasteiger partial charge is 0.222 e. The third kappa shape index (κ3) is 4.06. The Bertz CT molecular complexity index is 1240. The number of carbonyl (C=O) groups is 1. The molecule has 1 amide bonds. The van der Waals surface area contributed by atoms with Gasteiger partial charge in [0.15, 0.2) is 5.65 Å².